The summed E-state index contributed by atoms with van der Waals surface area (Å²) in [6.45, 7) is 2.75. The Morgan fingerprint density at radius 3 is 2.55 bits per heavy atom. The lowest BCUT2D eigenvalue weighted by Gasteiger charge is -2.35. The lowest BCUT2D eigenvalue weighted by molar-refractivity contribution is -0.140. The number of hydrogen-bond acceptors (Lipinski definition) is 5. The maximum atomic E-state index is 13.7. The summed E-state index contributed by atoms with van der Waals surface area (Å²) in [5.41, 5.74) is 0. The van der Waals surface area contributed by atoms with Crippen molar-refractivity contribution in [2.24, 2.45) is 11.8 Å². The number of hydrogen-bond donors (Lipinski definition) is 3. The second-order valence-electron chi connectivity index (χ2n) is 10.0. The zero-order valence-electron chi connectivity index (χ0n) is 18.8. The highest BCUT2D eigenvalue weighted by Crippen LogP contribution is 2.71. The van der Waals surface area contributed by atoms with Crippen LogP contribution in [0.5, 0.6) is 0 Å². The second kappa shape index (κ2) is 8.93. The van der Waals surface area contributed by atoms with Gasteiger partial charge in [-0.05, 0) is 51.9 Å². The smallest absolute Gasteiger partial charge is 0.244 e. The van der Waals surface area contributed by atoms with Gasteiger partial charge in [-0.1, -0.05) is 19.3 Å². The van der Waals surface area contributed by atoms with E-state index >= 15 is 0 Å². The summed E-state index contributed by atoms with van der Waals surface area (Å²) in [4.78, 5) is 42.0. The van der Waals surface area contributed by atoms with Crippen molar-refractivity contribution in [3.63, 3.8) is 0 Å². The third-order valence-corrected chi connectivity index (χ3v) is 10.0. The van der Waals surface area contributed by atoms with Crippen LogP contribution in [0.2, 0.25) is 0 Å². The maximum absolute atomic E-state index is 13.7. The van der Waals surface area contributed by atoms with Crippen LogP contribution in [0, 0.1) is 11.8 Å². The molecular weight excluding hydrogens is 414 g/mol. The molecule has 174 valence electrons. The van der Waals surface area contributed by atoms with Crippen LogP contribution in [0.1, 0.15) is 71.1 Å². The number of thioether (sulfide) groups is 1. The molecule has 3 N–H and O–H groups in total. The van der Waals surface area contributed by atoms with Crippen molar-refractivity contribution in [2.75, 3.05) is 20.2 Å². The van der Waals surface area contributed by atoms with E-state index in [1.165, 1.54) is 6.42 Å². The molecule has 2 unspecified atom stereocenters. The minimum Gasteiger partial charge on any atom is -0.396 e. The largest absolute Gasteiger partial charge is 0.396 e. The van der Waals surface area contributed by atoms with Gasteiger partial charge in [-0.2, -0.15) is 0 Å². The molecular formula is C23H37N3O4S. The molecule has 1 saturated carbocycles. The van der Waals surface area contributed by atoms with E-state index in [0.717, 1.165) is 51.4 Å². The number of carbonyl (C=O) groups is 3. The first kappa shape index (κ1) is 22.9. The third kappa shape index (κ3) is 3.77. The van der Waals surface area contributed by atoms with Gasteiger partial charge in [-0.3, -0.25) is 14.4 Å². The number of nitrogens with zero attached hydrogens (tertiary/aromatic N) is 1. The van der Waals surface area contributed by atoms with Crippen molar-refractivity contribution in [2.45, 2.75) is 92.7 Å². The molecule has 0 radical (unpaired) electrons. The van der Waals surface area contributed by atoms with Crippen LogP contribution in [-0.4, -0.2) is 69.5 Å². The molecule has 1 aliphatic carbocycles. The van der Waals surface area contributed by atoms with Gasteiger partial charge in [-0.25, -0.2) is 0 Å². The van der Waals surface area contributed by atoms with Gasteiger partial charge in [0.15, 0.2) is 0 Å². The molecule has 4 fully saturated rings. The first-order valence-electron chi connectivity index (χ1n) is 12.0. The van der Waals surface area contributed by atoms with Crippen LogP contribution >= 0.6 is 11.8 Å². The highest BCUT2D eigenvalue weighted by atomic mass is 32.2. The molecule has 31 heavy (non-hydrogen) atoms. The van der Waals surface area contributed by atoms with E-state index in [-0.39, 0.29) is 35.1 Å². The molecule has 3 heterocycles. The number of unbranched alkanes of at least 4 members (excludes halogenated alkanes) is 2. The van der Waals surface area contributed by atoms with Gasteiger partial charge in [0, 0.05) is 31.0 Å². The Morgan fingerprint density at radius 1 is 1.13 bits per heavy atom. The standard InChI is InChI=1S/C23H37N3O4S/c1-22-11-12-23(31-22)17(16(22)19(28)24-2)21(30)26(13-7-4-8-14-27)18(23)20(29)25-15-9-5-3-6-10-15/h15-18,27H,3-14H2,1-2H3,(H,24,28)(H,25,29)/t16-,17-,18?,22+,23?/m0/s1. The lowest BCUT2D eigenvalue weighted by atomic mass is 9.66. The van der Waals surface area contributed by atoms with Crippen LogP contribution in [0.4, 0.5) is 0 Å². The molecule has 2 bridgehead atoms. The van der Waals surface area contributed by atoms with Gasteiger partial charge in [0.05, 0.1) is 16.6 Å². The van der Waals surface area contributed by atoms with Crippen molar-refractivity contribution in [1.29, 1.82) is 0 Å². The summed E-state index contributed by atoms with van der Waals surface area (Å²) in [6.07, 6.45) is 9.43. The normalized spacial score (nSPS) is 37.2. The Morgan fingerprint density at radius 2 is 1.87 bits per heavy atom. The third-order valence-electron chi connectivity index (χ3n) is 8.06. The molecule has 3 saturated heterocycles. The average Bonchev–Trinajstić information content (AvgIpc) is 3.32. The summed E-state index contributed by atoms with van der Waals surface area (Å²) < 4.78 is -0.814. The predicted molar refractivity (Wildman–Crippen MR) is 120 cm³/mol. The Labute approximate surface area is 189 Å². The van der Waals surface area contributed by atoms with Crippen molar-refractivity contribution in [1.82, 2.24) is 15.5 Å². The summed E-state index contributed by atoms with van der Waals surface area (Å²) in [7, 11) is 1.63. The van der Waals surface area contributed by atoms with Crippen molar-refractivity contribution < 1.29 is 19.5 Å². The summed E-state index contributed by atoms with van der Waals surface area (Å²) in [5.74, 6) is -0.965. The van der Waals surface area contributed by atoms with Gasteiger partial charge >= 0.3 is 0 Å². The van der Waals surface area contributed by atoms with Crippen LogP contribution in [0.25, 0.3) is 0 Å². The average molecular weight is 452 g/mol. The quantitative estimate of drug-likeness (QED) is 0.489. The summed E-state index contributed by atoms with van der Waals surface area (Å²) >= 11 is 1.73. The molecule has 3 aliphatic heterocycles. The van der Waals surface area contributed by atoms with E-state index in [0.29, 0.717) is 13.0 Å². The molecule has 1 spiro atoms. The zero-order chi connectivity index (χ0) is 22.2. The number of likely N-dealkylation sites (tertiary alicyclic amines) is 1. The fraction of sp³-hybridized carbons (Fsp3) is 0.870. The predicted octanol–water partition coefficient (Wildman–Crippen LogP) is 1.83. The number of carbonyl (C=O) groups excluding carboxylic acids is 3. The molecule has 5 atom stereocenters. The molecule has 0 aromatic heterocycles. The van der Waals surface area contributed by atoms with Gasteiger partial charge in [-0.15, -0.1) is 11.8 Å². The number of aliphatic hydroxyl groups excluding tert-OH is 1. The van der Waals surface area contributed by atoms with Gasteiger partial charge in [0.1, 0.15) is 6.04 Å². The van der Waals surface area contributed by atoms with E-state index < -0.39 is 22.6 Å². The van der Waals surface area contributed by atoms with E-state index in [1.54, 1.807) is 23.7 Å². The van der Waals surface area contributed by atoms with Crippen LogP contribution in [0.3, 0.4) is 0 Å². The van der Waals surface area contributed by atoms with E-state index in [1.807, 2.05) is 0 Å². The Balaban J connectivity index is 1.62. The first-order valence-corrected chi connectivity index (χ1v) is 12.8. The molecule has 3 amide bonds. The Bertz CT molecular complexity index is 728. The molecule has 0 aromatic rings. The zero-order valence-corrected chi connectivity index (χ0v) is 19.6. The van der Waals surface area contributed by atoms with E-state index in [9.17, 15) is 14.4 Å². The van der Waals surface area contributed by atoms with E-state index in [2.05, 4.69) is 17.6 Å². The number of nitrogens with one attached hydrogen (secondary N) is 2. The Kier molecular flexibility index (Phi) is 6.59. The fourth-order valence-electron chi connectivity index (χ4n) is 6.62. The molecule has 8 heteroatoms. The number of aliphatic hydroxyl groups is 1. The maximum Gasteiger partial charge on any atom is 0.244 e. The minimum atomic E-state index is -0.515. The lowest BCUT2D eigenvalue weighted by Crippen LogP contribution is -2.55. The SMILES string of the molecule is CNC(=O)[C@@H]1[C@H]2C(=O)N(CCCCCO)C(C(=O)NC3CCCCC3)C23CC[C@@]1(C)S3. The topological polar surface area (TPSA) is 98.7 Å². The van der Waals surface area contributed by atoms with Crippen molar-refractivity contribution in [3.05, 3.63) is 0 Å². The monoisotopic (exact) mass is 451 g/mol. The van der Waals surface area contributed by atoms with Crippen LogP contribution in [-0.2, 0) is 14.4 Å². The molecule has 0 aromatic carbocycles. The van der Waals surface area contributed by atoms with Gasteiger partial charge < -0.3 is 20.6 Å². The summed E-state index contributed by atoms with van der Waals surface area (Å²) in [5, 5.41) is 15.2. The van der Waals surface area contributed by atoms with Crippen molar-refractivity contribution in [3.8, 4) is 0 Å². The summed E-state index contributed by atoms with van der Waals surface area (Å²) in [6, 6.07) is -0.320. The highest BCUT2D eigenvalue weighted by Gasteiger charge is 2.76. The van der Waals surface area contributed by atoms with Crippen LogP contribution in [0.15, 0.2) is 0 Å². The van der Waals surface area contributed by atoms with E-state index in [4.69, 9.17) is 5.11 Å². The molecule has 4 rings (SSSR count). The first-order chi connectivity index (χ1) is 14.9. The van der Waals surface area contributed by atoms with Gasteiger partial charge in [0.25, 0.3) is 0 Å². The minimum absolute atomic E-state index is 0.0285. The van der Waals surface area contributed by atoms with Gasteiger partial charge in [0.2, 0.25) is 17.7 Å². The Hall–Kier alpha value is -1.28. The number of rotatable bonds is 8. The van der Waals surface area contributed by atoms with Crippen LogP contribution < -0.4 is 10.6 Å². The molecule has 7 nitrogen and oxygen atoms in total. The highest BCUT2D eigenvalue weighted by molar-refractivity contribution is 8.02. The second-order valence-corrected chi connectivity index (χ2v) is 11.9. The fourth-order valence-corrected chi connectivity index (χ4v) is 8.98. The number of amides is 3. The number of fused-ring (bicyclic) bond motifs is 1. The molecule has 4 aliphatic rings. The van der Waals surface area contributed by atoms with Crippen molar-refractivity contribution >= 4 is 29.5 Å².